The van der Waals surface area contributed by atoms with Crippen LogP contribution in [0.1, 0.15) is 18.1 Å². The van der Waals surface area contributed by atoms with Gasteiger partial charge in [0.2, 0.25) is 0 Å². The van der Waals surface area contributed by atoms with Crippen molar-refractivity contribution in [3.05, 3.63) is 59.9 Å². The van der Waals surface area contributed by atoms with E-state index in [4.69, 9.17) is 4.55 Å². The second kappa shape index (κ2) is 6.72. The maximum Gasteiger partial charge on any atom is 0.269 e. The Morgan fingerprint density at radius 3 is 2.36 bits per heavy atom. The van der Waals surface area contributed by atoms with Gasteiger partial charge in [0.05, 0.1) is 0 Å². The van der Waals surface area contributed by atoms with Gasteiger partial charge in [-0.2, -0.15) is 8.42 Å². The molecule has 6 heteroatoms. The molecule has 1 heterocycles. The molecule has 0 spiro atoms. The number of aromatic nitrogens is 1. The molecule has 0 aliphatic rings. The van der Waals surface area contributed by atoms with Crippen LogP contribution in [-0.2, 0) is 16.7 Å². The predicted octanol–water partition coefficient (Wildman–Crippen LogP) is 2.13. The first-order chi connectivity index (χ1) is 10.4. The van der Waals surface area contributed by atoms with Gasteiger partial charge in [0.1, 0.15) is 18.0 Å². The van der Waals surface area contributed by atoms with Crippen molar-refractivity contribution in [2.24, 2.45) is 0 Å². The first-order valence-corrected chi connectivity index (χ1v) is 8.43. The Hall–Kier alpha value is -2.18. The summed E-state index contributed by atoms with van der Waals surface area (Å²) in [6.45, 7) is 2.80. The van der Waals surface area contributed by atoms with Gasteiger partial charge in [0.25, 0.3) is 10.1 Å². The third-order valence-corrected chi connectivity index (χ3v) is 3.91. The van der Waals surface area contributed by atoms with Crippen molar-refractivity contribution < 1.29 is 22.6 Å². The van der Waals surface area contributed by atoms with Crippen LogP contribution in [0.25, 0.3) is 11.6 Å². The van der Waals surface area contributed by atoms with E-state index in [1.807, 2.05) is 23.9 Å². The number of rotatable bonds is 5. The summed E-state index contributed by atoms with van der Waals surface area (Å²) in [6, 6.07) is 10.2. The van der Waals surface area contributed by atoms with Gasteiger partial charge < -0.3 is 5.11 Å². The van der Waals surface area contributed by atoms with Gasteiger partial charge in [-0.3, -0.25) is 4.55 Å². The number of para-hydroxylation sites is 1. The summed E-state index contributed by atoms with van der Waals surface area (Å²) in [5.74, 6) is -0.466. The molecular formula is C16H18NO4S+. The Bertz CT molecular complexity index is 780. The average Bonchev–Trinajstić information content (AvgIpc) is 2.47. The van der Waals surface area contributed by atoms with Gasteiger partial charge in [-0.15, -0.1) is 0 Å². The molecular weight excluding hydrogens is 302 g/mol. The van der Waals surface area contributed by atoms with Gasteiger partial charge in [-0.05, 0) is 30.2 Å². The van der Waals surface area contributed by atoms with Crippen LogP contribution in [0.3, 0.4) is 0 Å². The van der Waals surface area contributed by atoms with E-state index in [-0.39, 0.29) is 5.75 Å². The number of phenolic OH excluding ortho intramolecular Hbond substituents is 1. The summed E-state index contributed by atoms with van der Waals surface area (Å²) in [5.41, 5.74) is 1.58. The third-order valence-electron chi connectivity index (χ3n) is 3.23. The van der Waals surface area contributed by atoms with Crippen molar-refractivity contribution in [2.45, 2.75) is 13.5 Å². The molecule has 116 valence electrons. The van der Waals surface area contributed by atoms with Crippen LogP contribution in [0.5, 0.6) is 5.75 Å². The van der Waals surface area contributed by atoms with Crippen LogP contribution in [0.4, 0.5) is 0 Å². The Morgan fingerprint density at radius 1 is 1.18 bits per heavy atom. The first-order valence-electron chi connectivity index (χ1n) is 6.82. The van der Waals surface area contributed by atoms with E-state index in [0.29, 0.717) is 16.7 Å². The van der Waals surface area contributed by atoms with Crippen LogP contribution >= 0.6 is 0 Å². The standard InChI is InChI=1S/C16H17NO4S/c1-2-17-9-7-13(8-10-17)15(12-22(19,20)21)11-14-5-3-4-6-16(14)18/h3-11H,2,12H2,1H3,(H,19,20,21)/p+1. The highest BCUT2D eigenvalue weighted by Crippen LogP contribution is 2.24. The summed E-state index contributed by atoms with van der Waals surface area (Å²) in [5, 5.41) is 9.83. The molecule has 0 saturated heterocycles. The lowest BCUT2D eigenvalue weighted by Gasteiger charge is -2.07. The van der Waals surface area contributed by atoms with Crippen LogP contribution in [0.15, 0.2) is 48.8 Å². The molecule has 0 aliphatic heterocycles. The number of pyridine rings is 1. The smallest absolute Gasteiger partial charge is 0.269 e. The monoisotopic (exact) mass is 320 g/mol. The predicted molar refractivity (Wildman–Crippen MR) is 84.7 cm³/mol. The molecule has 2 rings (SSSR count). The van der Waals surface area contributed by atoms with E-state index in [0.717, 1.165) is 6.54 Å². The summed E-state index contributed by atoms with van der Waals surface area (Å²) < 4.78 is 33.6. The molecule has 2 N–H and O–H groups in total. The second-order valence-electron chi connectivity index (χ2n) is 4.87. The van der Waals surface area contributed by atoms with Gasteiger partial charge in [-0.25, -0.2) is 4.57 Å². The number of aromatic hydroxyl groups is 1. The zero-order valence-electron chi connectivity index (χ0n) is 12.2. The number of hydrogen-bond acceptors (Lipinski definition) is 3. The van der Waals surface area contributed by atoms with Gasteiger partial charge >= 0.3 is 0 Å². The minimum atomic E-state index is -4.18. The number of hydrogen-bond donors (Lipinski definition) is 2. The number of nitrogens with zero attached hydrogens (tertiary/aromatic N) is 1. The molecule has 1 aromatic carbocycles. The molecule has 0 amide bonds. The third kappa shape index (κ3) is 4.41. The van der Waals surface area contributed by atoms with E-state index >= 15 is 0 Å². The normalized spacial score (nSPS) is 12.4. The number of benzene rings is 1. The average molecular weight is 320 g/mol. The van der Waals surface area contributed by atoms with Crippen LogP contribution < -0.4 is 4.57 Å². The molecule has 0 atom stereocenters. The van der Waals surface area contributed by atoms with Gasteiger partial charge in [0.15, 0.2) is 12.4 Å². The van der Waals surface area contributed by atoms with Crippen molar-refractivity contribution in [3.8, 4) is 5.75 Å². The lowest BCUT2D eigenvalue weighted by molar-refractivity contribution is -0.693. The van der Waals surface area contributed by atoms with Crippen molar-refractivity contribution in [1.29, 1.82) is 0 Å². The summed E-state index contributed by atoms with van der Waals surface area (Å²) >= 11 is 0. The maximum absolute atomic E-state index is 11.3. The first kappa shape index (κ1) is 16.2. The lowest BCUT2D eigenvalue weighted by atomic mass is 10.0. The maximum atomic E-state index is 11.3. The van der Waals surface area contributed by atoms with Gasteiger partial charge in [-0.1, -0.05) is 18.2 Å². The summed E-state index contributed by atoms with van der Waals surface area (Å²) in [4.78, 5) is 0. The van der Waals surface area contributed by atoms with Crippen molar-refractivity contribution in [2.75, 3.05) is 5.75 Å². The lowest BCUT2D eigenvalue weighted by Crippen LogP contribution is -2.30. The summed E-state index contributed by atoms with van der Waals surface area (Å²) in [6.07, 6.45) is 5.23. The van der Waals surface area contributed by atoms with Crippen LogP contribution in [-0.4, -0.2) is 23.8 Å². The fourth-order valence-electron chi connectivity index (χ4n) is 2.08. The molecule has 1 aromatic heterocycles. The van der Waals surface area contributed by atoms with Crippen LogP contribution in [0, 0.1) is 0 Å². The fraction of sp³-hybridized carbons (Fsp3) is 0.188. The van der Waals surface area contributed by atoms with Crippen LogP contribution in [0.2, 0.25) is 0 Å². The quantitative estimate of drug-likeness (QED) is 0.653. The molecule has 0 unspecified atom stereocenters. The number of phenols is 1. The molecule has 0 saturated carbocycles. The minimum absolute atomic E-state index is 0.0508. The number of aryl methyl sites for hydroxylation is 1. The van der Waals surface area contributed by atoms with Crippen molar-refractivity contribution >= 4 is 21.8 Å². The molecule has 0 aliphatic carbocycles. The topological polar surface area (TPSA) is 78.5 Å². The zero-order valence-corrected chi connectivity index (χ0v) is 13.0. The Balaban J connectivity index is 2.48. The Morgan fingerprint density at radius 2 is 1.82 bits per heavy atom. The highest BCUT2D eigenvalue weighted by Gasteiger charge is 2.13. The Labute approximate surface area is 129 Å². The molecule has 0 bridgehead atoms. The summed E-state index contributed by atoms with van der Waals surface area (Å²) in [7, 11) is -4.18. The molecule has 5 nitrogen and oxygen atoms in total. The second-order valence-corrected chi connectivity index (χ2v) is 6.32. The van der Waals surface area contributed by atoms with Crippen molar-refractivity contribution in [1.82, 2.24) is 0 Å². The zero-order chi connectivity index (χ0) is 16.2. The minimum Gasteiger partial charge on any atom is -0.507 e. The van der Waals surface area contributed by atoms with E-state index in [2.05, 4.69) is 0 Å². The van der Waals surface area contributed by atoms with Crippen molar-refractivity contribution in [3.63, 3.8) is 0 Å². The van der Waals surface area contributed by atoms with Gasteiger partial charge in [0, 0.05) is 17.7 Å². The largest absolute Gasteiger partial charge is 0.507 e. The highest BCUT2D eigenvalue weighted by molar-refractivity contribution is 7.86. The Kier molecular flexibility index (Phi) is 4.95. The molecule has 0 fully saturated rings. The van der Waals surface area contributed by atoms with E-state index < -0.39 is 15.9 Å². The molecule has 2 aromatic rings. The van der Waals surface area contributed by atoms with E-state index in [1.165, 1.54) is 6.07 Å². The molecule has 22 heavy (non-hydrogen) atoms. The van der Waals surface area contributed by atoms with E-state index in [1.54, 1.807) is 36.4 Å². The fourth-order valence-corrected chi connectivity index (χ4v) is 2.73. The molecule has 0 radical (unpaired) electrons. The SMILES string of the molecule is CC[n+]1ccc(C(=Cc2ccccc2O)CS(=O)(=O)O)cc1. The van der Waals surface area contributed by atoms with E-state index in [9.17, 15) is 13.5 Å². The highest BCUT2D eigenvalue weighted by atomic mass is 32.2.